The standard InChI is InChI=1S/C23H26Cl2N2O6S/c1-14(2)15-5-8-17(9-6-15)27-21(28)12-19(23(27)29)26(13-22(32-3)33-4)34(30,31)20-11-16(24)7-10-18(20)25/h5-11,14,19,22H,12-13H2,1-4H3. The second-order valence-corrected chi connectivity index (χ2v) is 10.8. The van der Waals surface area contributed by atoms with Crippen LogP contribution in [0.15, 0.2) is 47.4 Å². The molecule has 184 valence electrons. The summed E-state index contributed by atoms with van der Waals surface area (Å²) in [5.41, 5.74) is 1.41. The number of nitrogens with zero attached hydrogens (tertiary/aromatic N) is 2. The van der Waals surface area contributed by atoms with E-state index < -0.39 is 34.2 Å². The van der Waals surface area contributed by atoms with Crippen molar-refractivity contribution in [3.8, 4) is 0 Å². The van der Waals surface area contributed by atoms with Crippen molar-refractivity contribution in [2.45, 2.75) is 43.4 Å². The SMILES string of the molecule is COC(CN(C1CC(=O)N(c2ccc(C(C)C)cc2)C1=O)S(=O)(=O)c1cc(Cl)ccc1Cl)OC. The van der Waals surface area contributed by atoms with Crippen LogP contribution in [0.1, 0.15) is 31.7 Å². The average Bonchev–Trinajstić information content (AvgIpc) is 3.09. The number of halogens is 2. The van der Waals surface area contributed by atoms with Crippen LogP contribution >= 0.6 is 23.2 Å². The number of methoxy groups -OCH3 is 2. The van der Waals surface area contributed by atoms with Gasteiger partial charge in [-0.05, 0) is 41.8 Å². The van der Waals surface area contributed by atoms with Gasteiger partial charge < -0.3 is 9.47 Å². The molecule has 1 aliphatic rings. The smallest absolute Gasteiger partial charge is 0.252 e. The first-order valence-electron chi connectivity index (χ1n) is 10.5. The summed E-state index contributed by atoms with van der Waals surface area (Å²) in [4.78, 5) is 27.0. The fraction of sp³-hybridized carbons (Fsp3) is 0.391. The molecule has 1 unspecified atom stereocenters. The first-order chi connectivity index (χ1) is 16.0. The highest BCUT2D eigenvalue weighted by atomic mass is 35.5. The van der Waals surface area contributed by atoms with E-state index in [9.17, 15) is 18.0 Å². The van der Waals surface area contributed by atoms with E-state index >= 15 is 0 Å². The number of benzene rings is 2. The Bertz CT molecular complexity index is 1170. The lowest BCUT2D eigenvalue weighted by Gasteiger charge is -2.29. The number of carbonyl (C=O) groups is 2. The van der Waals surface area contributed by atoms with E-state index in [-0.39, 0.29) is 33.8 Å². The minimum atomic E-state index is -4.38. The first kappa shape index (κ1) is 26.6. The number of carbonyl (C=O) groups excluding carboxylic acids is 2. The van der Waals surface area contributed by atoms with Crippen LogP contribution < -0.4 is 4.90 Å². The zero-order valence-corrected chi connectivity index (χ0v) is 21.5. The molecule has 0 bridgehead atoms. The van der Waals surface area contributed by atoms with Crippen LogP contribution in [0.4, 0.5) is 5.69 Å². The summed E-state index contributed by atoms with van der Waals surface area (Å²) in [5.74, 6) is -0.916. The van der Waals surface area contributed by atoms with Crippen molar-refractivity contribution < 1.29 is 27.5 Å². The van der Waals surface area contributed by atoms with Gasteiger partial charge in [0.15, 0.2) is 6.29 Å². The Hall–Kier alpha value is -2.01. The maximum Gasteiger partial charge on any atom is 0.252 e. The van der Waals surface area contributed by atoms with Crippen LogP contribution in [0.3, 0.4) is 0 Å². The number of rotatable bonds is 9. The molecule has 0 aromatic heterocycles. The lowest BCUT2D eigenvalue weighted by Crippen LogP contribution is -2.49. The Kier molecular flexibility index (Phi) is 8.38. The molecule has 1 aliphatic heterocycles. The van der Waals surface area contributed by atoms with Crippen LogP contribution in [-0.2, 0) is 29.1 Å². The normalized spacial score (nSPS) is 17.0. The third-order valence-electron chi connectivity index (χ3n) is 5.62. The highest BCUT2D eigenvalue weighted by Gasteiger charge is 2.48. The molecular weight excluding hydrogens is 503 g/mol. The maximum atomic E-state index is 13.7. The zero-order valence-electron chi connectivity index (χ0n) is 19.2. The molecule has 1 heterocycles. The Morgan fingerprint density at radius 3 is 2.24 bits per heavy atom. The molecule has 0 N–H and O–H groups in total. The lowest BCUT2D eigenvalue weighted by molar-refractivity contribution is -0.125. The molecule has 0 spiro atoms. The monoisotopic (exact) mass is 528 g/mol. The molecular formula is C23H26Cl2N2O6S. The van der Waals surface area contributed by atoms with Crippen molar-refractivity contribution in [1.29, 1.82) is 0 Å². The second kappa shape index (κ2) is 10.7. The number of hydrogen-bond acceptors (Lipinski definition) is 6. The van der Waals surface area contributed by atoms with Crippen LogP contribution in [0.25, 0.3) is 0 Å². The minimum Gasteiger partial charge on any atom is -0.354 e. The molecule has 8 nitrogen and oxygen atoms in total. The molecule has 0 radical (unpaired) electrons. The number of ether oxygens (including phenoxy) is 2. The van der Waals surface area contributed by atoms with Crippen molar-refractivity contribution in [3.63, 3.8) is 0 Å². The Labute approximate surface area is 209 Å². The average molecular weight is 529 g/mol. The maximum absolute atomic E-state index is 13.7. The summed E-state index contributed by atoms with van der Waals surface area (Å²) in [7, 11) is -1.69. The van der Waals surface area contributed by atoms with Crippen molar-refractivity contribution in [1.82, 2.24) is 4.31 Å². The Balaban J connectivity index is 2.03. The number of hydrogen-bond donors (Lipinski definition) is 0. The first-order valence-corrected chi connectivity index (χ1v) is 12.7. The van der Waals surface area contributed by atoms with Gasteiger partial charge in [0.1, 0.15) is 10.9 Å². The molecule has 2 aromatic carbocycles. The van der Waals surface area contributed by atoms with Gasteiger partial charge >= 0.3 is 0 Å². The van der Waals surface area contributed by atoms with E-state index in [0.29, 0.717) is 5.69 Å². The fourth-order valence-electron chi connectivity index (χ4n) is 3.71. The molecule has 2 amide bonds. The summed E-state index contributed by atoms with van der Waals surface area (Å²) >= 11 is 12.2. The third-order valence-corrected chi connectivity index (χ3v) is 8.21. The molecule has 2 aromatic rings. The van der Waals surface area contributed by atoms with Gasteiger partial charge in [-0.1, -0.05) is 49.2 Å². The van der Waals surface area contributed by atoms with Gasteiger partial charge in [0.05, 0.1) is 23.7 Å². The molecule has 1 fully saturated rings. The van der Waals surface area contributed by atoms with Gasteiger partial charge in [-0.3, -0.25) is 9.59 Å². The van der Waals surface area contributed by atoms with Gasteiger partial charge in [0, 0.05) is 19.2 Å². The molecule has 3 rings (SSSR count). The summed E-state index contributed by atoms with van der Waals surface area (Å²) in [6, 6.07) is 9.70. The number of sulfonamides is 1. The lowest BCUT2D eigenvalue weighted by atomic mass is 10.0. The molecule has 0 aliphatic carbocycles. The zero-order chi connectivity index (χ0) is 25.2. The Morgan fingerprint density at radius 2 is 1.68 bits per heavy atom. The van der Waals surface area contributed by atoms with Gasteiger partial charge in [0.2, 0.25) is 15.9 Å². The predicted octanol–water partition coefficient (Wildman–Crippen LogP) is 4.06. The molecule has 1 atom stereocenters. The van der Waals surface area contributed by atoms with Crippen molar-refractivity contribution in [2.24, 2.45) is 0 Å². The third kappa shape index (κ3) is 5.30. The van der Waals surface area contributed by atoms with Crippen LogP contribution in [0, 0.1) is 0 Å². The number of anilines is 1. The number of amides is 2. The van der Waals surface area contributed by atoms with Crippen molar-refractivity contribution in [2.75, 3.05) is 25.7 Å². The summed E-state index contributed by atoms with van der Waals surface area (Å²) in [6.45, 7) is 3.72. The molecule has 11 heteroatoms. The molecule has 1 saturated heterocycles. The van der Waals surface area contributed by atoms with Gasteiger partial charge in [0.25, 0.3) is 5.91 Å². The summed E-state index contributed by atoms with van der Waals surface area (Å²) < 4.78 is 38.6. The molecule has 34 heavy (non-hydrogen) atoms. The van der Waals surface area contributed by atoms with E-state index in [0.717, 1.165) is 14.8 Å². The van der Waals surface area contributed by atoms with E-state index in [1.54, 1.807) is 12.1 Å². The topological polar surface area (TPSA) is 93.2 Å². The van der Waals surface area contributed by atoms with Crippen LogP contribution in [-0.4, -0.2) is 57.6 Å². The van der Waals surface area contributed by atoms with Crippen molar-refractivity contribution >= 4 is 50.7 Å². The summed E-state index contributed by atoms with van der Waals surface area (Å²) in [6.07, 6.45) is -1.34. The second-order valence-electron chi connectivity index (χ2n) is 8.08. The van der Waals surface area contributed by atoms with E-state index in [1.807, 2.05) is 26.0 Å². The van der Waals surface area contributed by atoms with E-state index in [1.165, 1.54) is 32.4 Å². The quantitative estimate of drug-likeness (QED) is 0.360. The van der Waals surface area contributed by atoms with Gasteiger partial charge in [-0.25, -0.2) is 13.3 Å². The minimum absolute atomic E-state index is 0.0707. The van der Waals surface area contributed by atoms with Crippen LogP contribution in [0.2, 0.25) is 10.0 Å². The summed E-state index contributed by atoms with van der Waals surface area (Å²) in [5, 5.41) is 0.0809. The van der Waals surface area contributed by atoms with E-state index in [4.69, 9.17) is 32.7 Å². The fourth-order valence-corrected chi connectivity index (χ4v) is 6.01. The highest BCUT2D eigenvalue weighted by Crippen LogP contribution is 2.33. The largest absolute Gasteiger partial charge is 0.354 e. The highest BCUT2D eigenvalue weighted by molar-refractivity contribution is 7.89. The number of imide groups is 1. The van der Waals surface area contributed by atoms with Crippen molar-refractivity contribution in [3.05, 3.63) is 58.1 Å². The van der Waals surface area contributed by atoms with E-state index in [2.05, 4.69) is 0 Å². The molecule has 0 saturated carbocycles. The predicted molar refractivity (Wildman–Crippen MR) is 130 cm³/mol. The van der Waals surface area contributed by atoms with Gasteiger partial charge in [-0.2, -0.15) is 4.31 Å². The van der Waals surface area contributed by atoms with Gasteiger partial charge in [-0.15, -0.1) is 0 Å². The van der Waals surface area contributed by atoms with Crippen LogP contribution in [0.5, 0.6) is 0 Å². The Morgan fingerprint density at radius 1 is 1.06 bits per heavy atom.